The van der Waals surface area contributed by atoms with Crippen LogP contribution in [0.1, 0.15) is 35.2 Å². The van der Waals surface area contributed by atoms with E-state index in [-0.39, 0.29) is 11.6 Å². The van der Waals surface area contributed by atoms with Crippen LogP contribution in [-0.4, -0.2) is 28.9 Å². The number of carbonyl (C=O) groups is 1. The van der Waals surface area contributed by atoms with E-state index in [0.717, 1.165) is 54.8 Å². The molecule has 0 radical (unpaired) electrons. The zero-order valence-corrected chi connectivity index (χ0v) is 15.6. The number of benzene rings is 2. The molecule has 0 unspecified atom stereocenters. The van der Waals surface area contributed by atoms with Gasteiger partial charge in [-0.05, 0) is 43.9 Å². The molecule has 1 aliphatic heterocycles. The normalized spacial score (nSPS) is 14.3. The fourth-order valence-electron chi connectivity index (χ4n) is 3.73. The van der Waals surface area contributed by atoms with Crippen LogP contribution in [0.25, 0.3) is 10.8 Å². The zero-order chi connectivity index (χ0) is 19.7. The summed E-state index contributed by atoms with van der Waals surface area (Å²) in [6.07, 6.45) is 4.73. The predicted molar refractivity (Wildman–Crippen MR) is 106 cm³/mol. The number of nitrogens with one attached hydrogen (secondary N) is 1. The van der Waals surface area contributed by atoms with Crippen LogP contribution in [0.15, 0.2) is 42.6 Å². The molecule has 1 fully saturated rings. The minimum atomic E-state index is -0.698. The van der Waals surface area contributed by atoms with E-state index in [2.05, 4.69) is 10.3 Å². The summed E-state index contributed by atoms with van der Waals surface area (Å²) in [7, 11) is 0. The van der Waals surface area contributed by atoms with Crippen LogP contribution in [0, 0.1) is 18.6 Å². The van der Waals surface area contributed by atoms with Gasteiger partial charge in [-0.25, -0.2) is 13.8 Å². The Morgan fingerprint density at radius 1 is 1.11 bits per heavy atom. The monoisotopic (exact) mass is 381 g/mol. The Morgan fingerprint density at radius 2 is 1.89 bits per heavy atom. The summed E-state index contributed by atoms with van der Waals surface area (Å²) < 4.78 is 27.3. The van der Waals surface area contributed by atoms with Crippen LogP contribution in [0.3, 0.4) is 0 Å². The van der Waals surface area contributed by atoms with E-state index in [1.54, 1.807) is 6.20 Å². The molecule has 0 saturated carbocycles. The number of hydrogen-bond donors (Lipinski definition) is 1. The molecule has 1 saturated heterocycles. The third-order valence-electron chi connectivity index (χ3n) is 5.18. The highest BCUT2D eigenvalue weighted by molar-refractivity contribution is 6.10. The van der Waals surface area contributed by atoms with E-state index in [1.807, 2.05) is 30.0 Å². The van der Waals surface area contributed by atoms with Crippen molar-refractivity contribution in [2.24, 2.45) is 0 Å². The second kappa shape index (κ2) is 7.54. The largest absolute Gasteiger partial charge is 0.339 e. The Hall–Kier alpha value is -3.02. The lowest BCUT2D eigenvalue weighted by atomic mass is 10.00. The topological polar surface area (TPSA) is 45.2 Å². The third kappa shape index (κ3) is 3.42. The van der Waals surface area contributed by atoms with E-state index >= 15 is 0 Å². The fourth-order valence-corrected chi connectivity index (χ4v) is 3.73. The van der Waals surface area contributed by atoms with Crippen molar-refractivity contribution in [1.29, 1.82) is 0 Å². The SMILES string of the molecule is Cc1cccc2c(Nc3ccc(F)cc3F)ncc(C(=O)N3CCCCC3)c12. The summed E-state index contributed by atoms with van der Waals surface area (Å²) in [5.74, 6) is -0.930. The van der Waals surface area contributed by atoms with Crippen LogP contribution >= 0.6 is 0 Å². The van der Waals surface area contributed by atoms with Gasteiger partial charge in [0.05, 0.1) is 11.3 Å². The molecule has 2 heterocycles. The molecular weight excluding hydrogens is 360 g/mol. The number of nitrogens with zero attached hydrogens (tertiary/aromatic N) is 2. The van der Waals surface area contributed by atoms with E-state index in [9.17, 15) is 13.6 Å². The molecule has 6 heteroatoms. The molecule has 0 aliphatic carbocycles. The summed E-state index contributed by atoms with van der Waals surface area (Å²) in [5.41, 5.74) is 1.63. The van der Waals surface area contributed by atoms with Crippen LogP contribution in [0.4, 0.5) is 20.3 Å². The highest BCUT2D eigenvalue weighted by Gasteiger charge is 2.22. The lowest BCUT2D eigenvalue weighted by Crippen LogP contribution is -2.35. The van der Waals surface area contributed by atoms with E-state index in [0.29, 0.717) is 11.4 Å². The molecule has 1 aromatic heterocycles. The molecular formula is C22H21F2N3O. The second-order valence-corrected chi connectivity index (χ2v) is 7.12. The Kier molecular flexibility index (Phi) is 4.94. The van der Waals surface area contributed by atoms with Crippen molar-refractivity contribution >= 4 is 28.2 Å². The molecule has 1 N–H and O–H groups in total. The lowest BCUT2D eigenvalue weighted by Gasteiger charge is -2.27. The van der Waals surface area contributed by atoms with Gasteiger partial charge in [0.25, 0.3) is 5.91 Å². The maximum absolute atomic E-state index is 14.1. The number of hydrogen-bond acceptors (Lipinski definition) is 3. The van der Waals surface area contributed by atoms with Gasteiger partial charge in [-0.15, -0.1) is 0 Å². The molecule has 4 nitrogen and oxygen atoms in total. The smallest absolute Gasteiger partial charge is 0.256 e. The molecule has 28 heavy (non-hydrogen) atoms. The van der Waals surface area contributed by atoms with Gasteiger partial charge in [-0.3, -0.25) is 4.79 Å². The third-order valence-corrected chi connectivity index (χ3v) is 5.18. The van der Waals surface area contributed by atoms with E-state index in [4.69, 9.17) is 0 Å². The van der Waals surface area contributed by atoms with Gasteiger partial charge in [0.1, 0.15) is 17.5 Å². The minimum Gasteiger partial charge on any atom is -0.339 e. The first-order valence-electron chi connectivity index (χ1n) is 9.44. The molecule has 4 rings (SSSR count). The van der Waals surface area contributed by atoms with Crippen molar-refractivity contribution in [3.05, 3.63) is 65.4 Å². The molecule has 1 amide bonds. The molecule has 0 atom stereocenters. The van der Waals surface area contributed by atoms with Crippen LogP contribution in [-0.2, 0) is 0 Å². The van der Waals surface area contributed by atoms with Crippen molar-refractivity contribution in [2.75, 3.05) is 18.4 Å². The molecule has 0 bridgehead atoms. The number of aromatic nitrogens is 1. The average Bonchev–Trinajstić information content (AvgIpc) is 2.70. The highest BCUT2D eigenvalue weighted by Crippen LogP contribution is 2.31. The summed E-state index contributed by atoms with van der Waals surface area (Å²) in [6.45, 7) is 3.46. The first-order valence-corrected chi connectivity index (χ1v) is 9.44. The molecule has 2 aromatic carbocycles. The molecule has 1 aliphatic rings. The number of carbonyl (C=O) groups excluding carboxylic acids is 1. The Morgan fingerprint density at radius 3 is 2.64 bits per heavy atom. The second-order valence-electron chi connectivity index (χ2n) is 7.12. The first-order chi connectivity index (χ1) is 13.5. The Bertz CT molecular complexity index is 1050. The maximum Gasteiger partial charge on any atom is 0.256 e. The summed E-state index contributed by atoms with van der Waals surface area (Å²) in [6, 6.07) is 9.02. The predicted octanol–water partition coefficient (Wildman–Crippen LogP) is 5.19. The minimum absolute atomic E-state index is 0.0222. The van der Waals surface area contributed by atoms with Crippen LogP contribution < -0.4 is 5.32 Å². The van der Waals surface area contributed by atoms with Gasteiger partial charge in [-0.2, -0.15) is 0 Å². The molecule has 3 aromatic rings. The van der Waals surface area contributed by atoms with Gasteiger partial charge >= 0.3 is 0 Å². The van der Waals surface area contributed by atoms with Crippen molar-refractivity contribution in [1.82, 2.24) is 9.88 Å². The highest BCUT2D eigenvalue weighted by atomic mass is 19.1. The Balaban J connectivity index is 1.78. The van der Waals surface area contributed by atoms with Gasteiger partial charge in [-0.1, -0.05) is 18.2 Å². The number of amides is 1. The Labute approximate surface area is 162 Å². The number of piperidine rings is 1. The zero-order valence-electron chi connectivity index (χ0n) is 15.6. The van der Waals surface area contributed by atoms with Crippen molar-refractivity contribution in [3.63, 3.8) is 0 Å². The number of pyridine rings is 1. The summed E-state index contributed by atoms with van der Waals surface area (Å²) >= 11 is 0. The maximum atomic E-state index is 14.1. The average molecular weight is 381 g/mol. The number of anilines is 2. The number of aryl methyl sites for hydroxylation is 1. The number of likely N-dealkylation sites (tertiary alicyclic amines) is 1. The number of rotatable bonds is 3. The lowest BCUT2D eigenvalue weighted by molar-refractivity contribution is 0.0726. The van der Waals surface area contributed by atoms with E-state index in [1.165, 1.54) is 12.1 Å². The van der Waals surface area contributed by atoms with Crippen molar-refractivity contribution in [3.8, 4) is 0 Å². The fraction of sp³-hybridized carbons (Fsp3) is 0.273. The number of fused-ring (bicyclic) bond motifs is 1. The summed E-state index contributed by atoms with van der Waals surface area (Å²) in [4.78, 5) is 19.4. The quantitative estimate of drug-likeness (QED) is 0.679. The number of halogens is 2. The van der Waals surface area contributed by atoms with E-state index < -0.39 is 11.6 Å². The standard InChI is InChI=1S/C22H21F2N3O/c1-14-6-5-7-16-20(14)17(22(28)27-10-3-2-4-11-27)13-25-21(16)26-19-9-8-15(23)12-18(19)24/h5-9,12-13H,2-4,10-11H2,1H3,(H,25,26). The van der Waals surface area contributed by atoms with Gasteiger partial charge in [0.2, 0.25) is 0 Å². The molecule has 0 spiro atoms. The first kappa shape index (κ1) is 18.3. The van der Waals surface area contributed by atoms with Gasteiger partial charge in [0, 0.05) is 36.1 Å². The van der Waals surface area contributed by atoms with Gasteiger partial charge in [0.15, 0.2) is 0 Å². The summed E-state index contributed by atoms with van der Waals surface area (Å²) in [5, 5.41) is 4.47. The molecule has 144 valence electrons. The van der Waals surface area contributed by atoms with Crippen molar-refractivity contribution in [2.45, 2.75) is 26.2 Å². The van der Waals surface area contributed by atoms with Crippen molar-refractivity contribution < 1.29 is 13.6 Å². The van der Waals surface area contributed by atoms with Crippen LogP contribution in [0.2, 0.25) is 0 Å². The van der Waals surface area contributed by atoms with Crippen LogP contribution in [0.5, 0.6) is 0 Å². The van der Waals surface area contributed by atoms with Gasteiger partial charge < -0.3 is 10.2 Å².